The summed E-state index contributed by atoms with van der Waals surface area (Å²) in [6, 6.07) is 37.5. The van der Waals surface area contributed by atoms with E-state index in [9.17, 15) is 0 Å². The molecule has 0 saturated heterocycles. The number of hydrogen-bond acceptors (Lipinski definition) is 1. The third-order valence-corrected chi connectivity index (χ3v) is 5.70. The number of nitrogens with zero attached hydrogens (tertiary/aromatic N) is 1. The van der Waals surface area contributed by atoms with Gasteiger partial charge in [0.1, 0.15) is 0 Å². The van der Waals surface area contributed by atoms with Crippen molar-refractivity contribution in [1.29, 1.82) is 0 Å². The Morgan fingerprint density at radius 2 is 0.839 bits per heavy atom. The lowest BCUT2D eigenvalue weighted by Crippen LogP contribution is -2.10. The Bertz CT molecular complexity index is 1010. The van der Waals surface area contributed by atoms with E-state index in [4.69, 9.17) is 0 Å². The summed E-state index contributed by atoms with van der Waals surface area (Å²) in [5.74, 6) is 0. The number of benzene rings is 4. The maximum absolute atomic E-state index is 2.35. The van der Waals surface area contributed by atoms with Gasteiger partial charge in [-0.1, -0.05) is 93.4 Å². The molecule has 0 amide bonds. The zero-order valence-electron chi connectivity index (χ0n) is 18.6. The summed E-state index contributed by atoms with van der Waals surface area (Å²) in [5, 5.41) is 0. The third kappa shape index (κ3) is 5.06. The summed E-state index contributed by atoms with van der Waals surface area (Å²) in [6.07, 6.45) is 4.58. The fraction of sp³-hybridized carbons (Fsp3) is 0.200. The van der Waals surface area contributed by atoms with Crippen LogP contribution in [0.25, 0.3) is 11.1 Å². The van der Waals surface area contributed by atoms with Gasteiger partial charge in [0.05, 0.1) is 0 Å². The van der Waals surface area contributed by atoms with E-state index in [-0.39, 0.29) is 0 Å². The highest BCUT2D eigenvalue weighted by atomic mass is 15.1. The largest absolute Gasteiger partial charge is 0.311 e. The van der Waals surface area contributed by atoms with Crippen LogP contribution in [0.2, 0.25) is 0 Å². The van der Waals surface area contributed by atoms with Gasteiger partial charge in [-0.25, -0.2) is 0 Å². The Morgan fingerprint density at radius 3 is 1.26 bits per heavy atom. The molecule has 0 unspecified atom stereocenters. The molecule has 4 aromatic rings. The van der Waals surface area contributed by atoms with E-state index in [1.807, 2.05) is 0 Å². The van der Waals surface area contributed by atoms with E-state index >= 15 is 0 Å². The number of aryl methyl sites for hydroxylation is 2. The van der Waals surface area contributed by atoms with Crippen LogP contribution >= 0.6 is 0 Å². The molecule has 0 bridgehead atoms. The lowest BCUT2D eigenvalue weighted by Gasteiger charge is -2.26. The fourth-order valence-electron chi connectivity index (χ4n) is 4.08. The van der Waals surface area contributed by atoms with Crippen molar-refractivity contribution in [3.05, 3.63) is 114 Å². The molecule has 0 aliphatic rings. The van der Waals surface area contributed by atoms with Crippen LogP contribution in [0.15, 0.2) is 103 Å². The minimum Gasteiger partial charge on any atom is -0.311 e. The Hall–Kier alpha value is -3.32. The maximum atomic E-state index is 2.35. The Balaban J connectivity index is 1.71. The van der Waals surface area contributed by atoms with E-state index in [0.717, 1.165) is 12.8 Å². The minimum atomic E-state index is 1.12. The molecule has 1 nitrogen and oxygen atoms in total. The van der Waals surface area contributed by atoms with Crippen molar-refractivity contribution in [2.24, 2.45) is 0 Å². The number of rotatable bonds is 8. The molecule has 31 heavy (non-hydrogen) atoms. The highest BCUT2D eigenvalue weighted by molar-refractivity contribution is 5.78. The molecule has 1 heteroatoms. The molecule has 4 aromatic carbocycles. The normalized spacial score (nSPS) is 10.8. The zero-order valence-corrected chi connectivity index (χ0v) is 18.6. The molecule has 0 N–H and O–H groups in total. The van der Waals surface area contributed by atoms with E-state index in [1.165, 1.54) is 52.2 Å². The van der Waals surface area contributed by atoms with Crippen LogP contribution in [0.5, 0.6) is 0 Å². The molecule has 0 atom stereocenters. The van der Waals surface area contributed by atoms with Gasteiger partial charge in [0.25, 0.3) is 0 Å². The molecular formula is C30H31N. The van der Waals surface area contributed by atoms with E-state index in [1.54, 1.807) is 0 Å². The second-order valence-corrected chi connectivity index (χ2v) is 8.08. The highest BCUT2D eigenvalue weighted by Crippen LogP contribution is 2.36. The predicted octanol–water partition coefficient (Wildman–Crippen LogP) is 8.73. The van der Waals surface area contributed by atoms with Gasteiger partial charge in [0, 0.05) is 17.1 Å². The average Bonchev–Trinajstić information content (AvgIpc) is 2.83. The Kier molecular flexibility index (Phi) is 6.84. The zero-order chi connectivity index (χ0) is 21.5. The van der Waals surface area contributed by atoms with Gasteiger partial charge in [-0.3, -0.25) is 0 Å². The Labute approximate surface area is 187 Å². The van der Waals surface area contributed by atoms with E-state index in [0.29, 0.717) is 0 Å². The quantitative estimate of drug-likeness (QED) is 0.283. The van der Waals surface area contributed by atoms with Crippen molar-refractivity contribution >= 4 is 17.1 Å². The molecule has 0 spiro atoms. The van der Waals surface area contributed by atoms with Crippen molar-refractivity contribution in [3.8, 4) is 11.1 Å². The van der Waals surface area contributed by atoms with Crippen molar-refractivity contribution < 1.29 is 0 Å². The van der Waals surface area contributed by atoms with Crippen LogP contribution in [0.3, 0.4) is 0 Å². The minimum absolute atomic E-state index is 1.12. The topological polar surface area (TPSA) is 3.24 Å². The lowest BCUT2D eigenvalue weighted by atomic mass is 10.0. The van der Waals surface area contributed by atoms with Gasteiger partial charge in [0.15, 0.2) is 0 Å². The molecule has 0 heterocycles. The number of hydrogen-bond donors (Lipinski definition) is 0. The van der Waals surface area contributed by atoms with Crippen LogP contribution in [-0.2, 0) is 12.8 Å². The molecule has 0 aromatic heterocycles. The van der Waals surface area contributed by atoms with Gasteiger partial charge in [-0.05, 0) is 71.5 Å². The summed E-state index contributed by atoms with van der Waals surface area (Å²) in [6.45, 7) is 4.46. The first-order chi connectivity index (χ1) is 15.3. The Morgan fingerprint density at radius 1 is 0.452 bits per heavy atom. The smallest absolute Gasteiger partial charge is 0.0462 e. The van der Waals surface area contributed by atoms with Gasteiger partial charge in [0.2, 0.25) is 0 Å². The maximum Gasteiger partial charge on any atom is 0.0462 e. The first-order valence-electron chi connectivity index (χ1n) is 11.4. The third-order valence-electron chi connectivity index (χ3n) is 5.70. The van der Waals surface area contributed by atoms with Crippen molar-refractivity contribution in [1.82, 2.24) is 0 Å². The molecule has 0 aliphatic heterocycles. The first-order valence-corrected chi connectivity index (χ1v) is 11.4. The van der Waals surface area contributed by atoms with Gasteiger partial charge in [-0.15, -0.1) is 0 Å². The van der Waals surface area contributed by atoms with Gasteiger partial charge >= 0.3 is 0 Å². The van der Waals surface area contributed by atoms with E-state index in [2.05, 4.69) is 122 Å². The van der Waals surface area contributed by atoms with Crippen LogP contribution in [-0.4, -0.2) is 0 Å². The molecule has 0 saturated carbocycles. The molecule has 0 radical (unpaired) electrons. The summed E-state index contributed by atoms with van der Waals surface area (Å²) in [5.41, 5.74) is 8.82. The first kappa shape index (κ1) is 20.9. The molecule has 0 aliphatic carbocycles. The van der Waals surface area contributed by atoms with Crippen molar-refractivity contribution in [2.75, 3.05) is 4.90 Å². The highest BCUT2D eigenvalue weighted by Gasteiger charge is 2.13. The number of anilines is 3. The molecule has 0 fully saturated rings. The monoisotopic (exact) mass is 405 g/mol. The second-order valence-electron chi connectivity index (χ2n) is 8.08. The molecule has 4 rings (SSSR count). The SMILES string of the molecule is CCCc1ccc(N(c2ccc(CCC)cc2)c2ccc(-c3ccccc3)cc2)cc1. The van der Waals surface area contributed by atoms with Crippen LogP contribution in [0.4, 0.5) is 17.1 Å². The van der Waals surface area contributed by atoms with Gasteiger partial charge < -0.3 is 4.90 Å². The predicted molar refractivity (Wildman–Crippen MR) is 135 cm³/mol. The van der Waals surface area contributed by atoms with Gasteiger partial charge in [-0.2, -0.15) is 0 Å². The van der Waals surface area contributed by atoms with Crippen molar-refractivity contribution in [3.63, 3.8) is 0 Å². The summed E-state index contributed by atoms with van der Waals surface area (Å²) < 4.78 is 0. The second kappa shape index (κ2) is 10.1. The van der Waals surface area contributed by atoms with Crippen LogP contribution in [0.1, 0.15) is 37.8 Å². The summed E-state index contributed by atoms with van der Waals surface area (Å²) in [4.78, 5) is 2.35. The molecule has 156 valence electrons. The lowest BCUT2D eigenvalue weighted by molar-refractivity contribution is 0.921. The standard InChI is InChI=1S/C30H31N/c1-3-8-24-12-18-28(19-13-24)31(29-20-14-25(9-4-2)15-21-29)30-22-16-27(17-23-30)26-10-6-5-7-11-26/h5-7,10-23H,3-4,8-9H2,1-2H3. The van der Waals surface area contributed by atoms with Crippen molar-refractivity contribution in [2.45, 2.75) is 39.5 Å². The summed E-state index contributed by atoms with van der Waals surface area (Å²) in [7, 11) is 0. The fourth-order valence-corrected chi connectivity index (χ4v) is 4.08. The average molecular weight is 406 g/mol. The van der Waals surface area contributed by atoms with Crippen LogP contribution < -0.4 is 4.90 Å². The van der Waals surface area contributed by atoms with Crippen LogP contribution in [0, 0.1) is 0 Å². The summed E-state index contributed by atoms with van der Waals surface area (Å²) >= 11 is 0. The molecular weight excluding hydrogens is 374 g/mol. The van der Waals surface area contributed by atoms with E-state index < -0.39 is 0 Å².